The van der Waals surface area contributed by atoms with Crippen LogP contribution in [0.1, 0.15) is 36.5 Å². The highest BCUT2D eigenvalue weighted by atomic mass is 35.5. The molecule has 1 heterocycles. The number of carbonyl (C=O) groups is 1. The van der Waals surface area contributed by atoms with Crippen LogP contribution in [0.15, 0.2) is 36.4 Å². The Bertz CT molecular complexity index is 804. The van der Waals surface area contributed by atoms with Gasteiger partial charge in [0.2, 0.25) is 5.91 Å². The highest BCUT2D eigenvalue weighted by Crippen LogP contribution is 2.40. The van der Waals surface area contributed by atoms with Gasteiger partial charge in [0.05, 0.1) is 0 Å². The van der Waals surface area contributed by atoms with E-state index >= 15 is 0 Å². The molecule has 0 bridgehead atoms. The summed E-state index contributed by atoms with van der Waals surface area (Å²) in [5.41, 5.74) is 4.18. The SMILES string of the molecule is CC(C)C(=O)Nc1ccccc1C1CN(C)Cc2c(Cl)cc(Cl)cc21. The van der Waals surface area contributed by atoms with Crippen LogP contribution in [-0.2, 0) is 11.3 Å². The van der Waals surface area contributed by atoms with Crippen molar-refractivity contribution in [1.29, 1.82) is 0 Å². The second-order valence-electron chi connectivity index (χ2n) is 6.94. The molecular formula is C20H22Cl2N2O. The molecule has 1 unspecified atom stereocenters. The molecule has 2 aromatic rings. The first-order chi connectivity index (χ1) is 11.9. The van der Waals surface area contributed by atoms with Crippen LogP contribution in [0.2, 0.25) is 10.0 Å². The van der Waals surface area contributed by atoms with Gasteiger partial charge in [-0.1, -0.05) is 55.2 Å². The molecule has 1 aliphatic rings. The normalized spacial score (nSPS) is 17.4. The molecule has 0 saturated carbocycles. The number of anilines is 1. The number of hydrogen-bond donors (Lipinski definition) is 1. The number of likely N-dealkylation sites (N-methyl/N-ethyl adjacent to an activating group) is 1. The summed E-state index contributed by atoms with van der Waals surface area (Å²) >= 11 is 12.7. The molecule has 0 spiro atoms. The predicted octanol–water partition coefficient (Wildman–Crippen LogP) is 5.17. The van der Waals surface area contributed by atoms with E-state index in [0.717, 1.165) is 35.5 Å². The van der Waals surface area contributed by atoms with E-state index in [1.54, 1.807) is 6.07 Å². The van der Waals surface area contributed by atoms with Gasteiger partial charge in [-0.3, -0.25) is 4.79 Å². The van der Waals surface area contributed by atoms with Gasteiger partial charge >= 0.3 is 0 Å². The van der Waals surface area contributed by atoms with Crippen LogP contribution in [0.25, 0.3) is 0 Å². The maximum atomic E-state index is 12.2. The summed E-state index contributed by atoms with van der Waals surface area (Å²) in [4.78, 5) is 14.4. The van der Waals surface area contributed by atoms with Crippen molar-refractivity contribution in [3.05, 3.63) is 63.1 Å². The van der Waals surface area contributed by atoms with Gasteiger partial charge in [0.15, 0.2) is 0 Å². The number of benzene rings is 2. The summed E-state index contributed by atoms with van der Waals surface area (Å²) in [7, 11) is 2.08. The summed E-state index contributed by atoms with van der Waals surface area (Å²) < 4.78 is 0. The molecule has 1 aliphatic heterocycles. The number of hydrogen-bond acceptors (Lipinski definition) is 2. The van der Waals surface area contributed by atoms with E-state index in [0.29, 0.717) is 10.0 Å². The fourth-order valence-corrected chi connectivity index (χ4v) is 3.87. The van der Waals surface area contributed by atoms with Crippen molar-refractivity contribution in [3.63, 3.8) is 0 Å². The lowest BCUT2D eigenvalue weighted by atomic mass is 9.84. The number of amides is 1. The van der Waals surface area contributed by atoms with Gasteiger partial charge in [0.25, 0.3) is 0 Å². The summed E-state index contributed by atoms with van der Waals surface area (Å²) in [5, 5.41) is 4.40. The number of rotatable bonds is 3. The van der Waals surface area contributed by atoms with E-state index in [9.17, 15) is 4.79 Å². The molecule has 0 radical (unpaired) electrons. The lowest BCUT2D eigenvalue weighted by Gasteiger charge is -2.34. The van der Waals surface area contributed by atoms with Crippen molar-refractivity contribution < 1.29 is 4.79 Å². The molecule has 0 fully saturated rings. The number of carbonyl (C=O) groups excluding carboxylic acids is 1. The summed E-state index contributed by atoms with van der Waals surface area (Å²) in [6.45, 7) is 5.42. The zero-order valence-electron chi connectivity index (χ0n) is 14.6. The number of fused-ring (bicyclic) bond motifs is 1. The molecule has 25 heavy (non-hydrogen) atoms. The van der Waals surface area contributed by atoms with Crippen LogP contribution in [0.5, 0.6) is 0 Å². The molecule has 132 valence electrons. The van der Waals surface area contributed by atoms with Crippen molar-refractivity contribution in [2.75, 3.05) is 18.9 Å². The Balaban J connectivity index is 2.08. The van der Waals surface area contributed by atoms with Gasteiger partial charge in [0.1, 0.15) is 0 Å². The number of nitrogens with one attached hydrogen (secondary N) is 1. The topological polar surface area (TPSA) is 32.3 Å². The van der Waals surface area contributed by atoms with E-state index in [2.05, 4.69) is 23.3 Å². The molecule has 3 nitrogen and oxygen atoms in total. The zero-order chi connectivity index (χ0) is 18.1. The molecule has 2 aromatic carbocycles. The molecule has 1 atom stereocenters. The van der Waals surface area contributed by atoms with E-state index in [1.807, 2.05) is 38.1 Å². The van der Waals surface area contributed by atoms with E-state index in [1.165, 1.54) is 0 Å². The average Bonchev–Trinajstić information content (AvgIpc) is 2.55. The monoisotopic (exact) mass is 376 g/mol. The molecule has 0 aromatic heterocycles. The molecule has 0 aliphatic carbocycles. The fourth-order valence-electron chi connectivity index (χ4n) is 3.30. The number of nitrogens with zero attached hydrogens (tertiary/aromatic N) is 1. The van der Waals surface area contributed by atoms with E-state index < -0.39 is 0 Å². The number of halogens is 2. The Labute approximate surface area is 158 Å². The van der Waals surface area contributed by atoms with Crippen molar-refractivity contribution in [1.82, 2.24) is 4.90 Å². The quantitative estimate of drug-likeness (QED) is 0.801. The van der Waals surface area contributed by atoms with Crippen molar-refractivity contribution in [2.24, 2.45) is 5.92 Å². The van der Waals surface area contributed by atoms with Crippen LogP contribution in [-0.4, -0.2) is 24.4 Å². The smallest absolute Gasteiger partial charge is 0.226 e. The van der Waals surface area contributed by atoms with Crippen LogP contribution < -0.4 is 5.32 Å². The second-order valence-corrected chi connectivity index (χ2v) is 7.78. The molecule has 1 amide bonds. The first-order valence-electron chi connectivity index (χ1n) is 8.43. The molecular weight excluding hydrogens is 355 g/mol. The lowest BCUT2D eigenvalue weighted by Crippen LogP contribution is -2.32. The maximum absolute atomic E-state index is 12.2. The van der Waals surface area contributed by atoms with Gasteiger partial charge in [-0.2, -0.15) is 0 Å². The largest absolute Gasteiger partial charge is 0.326 e. The first kappa shape index (κ1) is 18.2. The van der Waals surface area contributed by atoms with Crippen LogP contribution >= 0.6 is 23.2 Å². The van der Waals surface area contributed by atoms with Gasteiger partial charge in [-0.15, -0.1) is 0 Å². The molecule has 1 N–H and O–H groups in total. The van der Waals surface area contributed by atoms with Crippen LogP contribution in [0.3, 0.4) is 0 Å². The van der Waals surface area contributed by atoms with Gasteiger partial charge in [0, 0.05) is 40.7 Å². The van der Waals surface area contributed by atoms with Crippen molar-refractivity contribution >= 4 is 34.8 Å². The minimum absolute atomic E-state index is 0.0148. The van der Waals surface area contributed by atoms with Gasteiger partial charge in [-0.25, -0.2) is 0 Å². The average molecular weight is 377 g/mol. The first-order valence-corrected chi connectivity index (χ1v) is 9.18. The van der Waals surface area contributed by atoms with E-state index in [-0.39, 0.29) is 17.7 Å². The van der Waals surface area contributed by atoms with Gasteiger partial charge in [-0.05, 0) is 41.9 Å². The third-order valence-corrected chi connectivity index (χ3v) is 5.17. The Morgan fingerprint density at radius 1 is 1.20 bits per heavy atom. The molecule has 0 saturated heterocycles. The Morgan fingerprint density at radius 2 is 1.92 bits per heavy atom. The number of para-hydroxylation sites is 1. The minimum atomic E-state index is -0.0711. The summed E-state index contributed by atoms with van der Waals surface area (Å²) in [6, 6.07) is 11.8. The second kappa shape index (κ2) is 7.36. The molecule has 5 heteroatoms. The van der Waals surface area contributed by atoms with Crippen LogP contribution in [0.4, 0.5) is 5.69 Å². The van der Waals surface area contributed by atoms with E-state index in [4.69, 9.17) is 23.2 Å². The van der Waals surface area contributed by atoms with Crippen molar-refractivity contribution in [2.45, 2.75) is 26.3 Å². The third kappa shape index (κ3) is 3.84. The summed E-state index contributed by atoms with van der Waals surface area (Å²) in [6.07, 6.45) is 0. The van der Waals surface area contributed by atoms with Gasteiger partial charge < -0.3 is 10.2 Å². The van der Waals surface area contributed by atoms with Crippen LogP contribution in [0, 0.1) is 5.92 Å². The highest BCUT2D eigenvalue weighted by Gasteiger charge is 2.28. The minimum Gasteiger partial charge on any atom is -0.326 e. The Morgan fingerprint density at radius 3 is 2.64 bits per heavy atom. The highest BCUT2D eigenvalue weighted by molar-refractivity contribution is 6.35. The third-order valence-electron chi connectivity index (χ3n) is 4.61. The maximum Gasteiger partial charge on any atom is 0.226 e. The standard InChI is InChI=1S/C20H22Cl2N2O/c1-12(2)20(25)23-19-7-5-4-6-14(19)16-10-24(3)11-17-15(16)8-13(21)9-18(17)22/h4-9,12,16H,10-11H2,1-3H3,(H,23,25). The zero-order valence-corrected chi connectivity index (χ0v) is 16.2. The molecule has 3 rings (SSSR count). The summed E-state index contributed by atoms with van der Waals surface area (Å²) in [5.74, 6) is 0.0489. The fraction of sp³-hybridized carbons (Fsp3) is 0.350. The van der Waals surface area contributed by atoms with Crippen molar-refractivity contribution in [3.8, 4) is 0 Å². The predicted molar refractivity (Wildman–Crippen MR) is 105 cm³/mol. The Hall–Kier alpha value is -1.55. The Kier molecular flexibility index (Phi) is 5.38. The lowest BCUT2D eigenvalue weighted by molar-refractivity contribution is -0.118.